The lowest BCUT2D eigenvalue weighted by Crippen LogP contribution is -2.39. The van der Waals surface area contributed by atoms with Gasteiger partial charge in [-0.3, -0.25) is 9.59 Å². The summed E-state index contributed by atoms with van der Waals surface area (Å²) in [6.07, 6.45) is 0.622. The van der Waals surface area contributed by atoms with E-state index in [9.17, 15) is 19.8 Å². The first-order valence-electron chi connectivity index (χ1n) is 9.34. The third kappa shape index (κ3) is 5.10. The van der Waals surface area contributed by atoms with Gasteiger partial charge in [-0.25, -0.2) is 0 Å². The van der Waals surface area contributed by atoms with Gasteiger partial charge in [-0.1, -0.05) is 12.1 Å². The summed E-state index contributed by atoms with van der Waals surface area (Å²) in [6, 6.07) is 10.9. The van der Waals surface area contributed by atoms with Crippen molar-refractivity contribution < 1.29 is 29.3 Å². The zero-order valence-corrected chi connectivity index (χ0v) is 16.2. The Morgan fingerprint density at radius 1 is 0.931 bits per heavy atom. The third-order valence-corrected chi connectivity index (χ3v) is 4.71. The van der Waals surface area contributed by atoms with Crippen molar-refractivity contribution in [1.82, 2.24) is 9.80 Å². The van der Waals surface area contributed by atoms with Crippen molar-refractivity contribution in [2.24, 2.45) is 0 Å². The summed E-state index contributed by atoms with van der Waals surface area (Å²) in [7, 11) is 1.54. The van der Waals surface area contributed by atoms with Gasteiger partial charge in [0.2, 0.25) is 0 Å². The largest absolute Gasteiger partial charge is 0.508 e. The Morgan fingerprint density at radius 3 is 2.24 bits per heavy atom. The molecule has 0 aliphatic carbocycles. The number of aromatic hydroxyl groups is 2. The van der Waals surface area contributed by atoms with E-state index in [-0.39, 0.29) is 35.5 Å². The number of hydrogen-bond donors (Lipinski definition) is 2. The summed E-state index contributed by atoms with van der Waals surface area (Å²) in [4.78, 5) is 28.5. The number of phenols is 2. The van der Waals surface area contributed by atoms with E-state index in [4.69, 9.17) is 9.47 Å². The first-order valence-corrected chi connectivity index (χ1v) is 9.34. The molecule has 1 saturated heterocycles. The molecular weight excluding hydrogens is 376 g/mol. The highest BCUT2D eigenvalue weighted by Crippen LogP contribution is 2.26. The molecule has 29 heavy (non-hydrogen) atoms. The molecule has 0 atom stereocenters. The predicted octanol–water partition coefficient (Wildman–Crippen LogP) is 1.86. The van der Waals surface area contributed by atoms with Crippen LogP contribution in [0.4, 0.5) is 0 Å². The van der Waals surface area contributed by atoms with E-state index in [2.05, 4.69) is 0 Å². The number of carbonyl (C=O) groups excluding carboxylic acids is 2. The van der Waals surface area contributed by atoms with Gasteiger partial charge >= 0.3 is 0 Å². The van der Waals surface area contributed by atoms with Crippen molar-refractivity contribution in [3.63, 3.8) is 0 Å². The molecule has 1 aliphatic heterocycles. The number of amides is 2. The van der Waals surface area contributed by atoms with Crippen LogP contribution in [-0.2, 0) is 4.79 Å². The summed E-state index contributed by atoms with van der Waals surface area (Å²) < 4.78 is 10.8. The van der Waals surface area contributed by atoms with Gasteiger partial charge in [0.15, 0.2) is 18.1 Å². The van der Waals surface area contributed by atoms with Crippen LogP contribution in [0.15, 0.2) is 42.5 Å². The van der Waals surface area contributed by atoms with E-state index in [0.717, 1.165) is 0 Å². The Labute approximate surface area is 168 Å². The predicted molar refractivity (Wildman–Crippen MR) is 105 cm³/mol. The Morgan fingerprint density at radius 2 is 1.55 bits per heavy atom. The molecule has 2 amide bonds. The molecule has 154 valence electrons. The minimum Gasteiger partial charge on any atom is -0.508 e. The Hall–Kier alpha value is -3.42. The lowest BCUT2D eigenvalue weighted by Gasteiger charge is -2.22. The van der Waals surface area contributed by atoms with Gasteiger partial charge in [0.05, 0.1) is 7.11 Å². The number of para-hydroxylation sites is 2. The minimum atomic E-state index is -0.296. The minimum absolute atomic E-state index is 0.116. The summed E-state index contributed by atoms with van der Waals surface area (Å²) in [5.74, 6) is 0.249. The molecular formula is C21H24N2O6. The number of benzene rings is 2. The SMILES string of the molecule is COc1ccccc1OCC(=O)N1CCCN(C(=O)c2cc(O)cc(O)c2)CC1. The number of hydrogen-bond acceptors (Lipinski definition) is 6. The quantitative estimate of drug-likeness (QED) is 0.795. The highest BCUT2D eigenvalue weighted by atomic mass is 16.5. The smallest absolute Gasteiger partial charge is 0.260 e. The number of methoxy groups -OCH3 is 1. The van der Waals surface area contributed by atoms with Crippen LogP contribution in [-0.4, -0.2) is 71.7 Å². The molecule has 0 spiro atoms. The summed E-state index contributed by atoms with van der Waals surface area (Å²) in [6.45, 7) is 1.62. The fourth-order valence-electron chi connectivity index (χ4n) is 3.24. The molecule has 0 saturated carbocycles. The van der Waals surface area contributed by atoms with Crippen LogP contribution in [0.3, 0.4) is 0 Å². The fraction of sp³-hybridized carbons (Fsp3) is 0.333. The molecule has 1 heterocycles. The molecule has 0 bridgehead atoms. The average molecular weight is 400 g/mol. The van der Waals surface area contributed by atoms with Crippen molar-refractivity contribution in [2.45, 2.75) is 6.42 Å². The van der Waals surface area contributed by atoms with Crippen LogP contribution in [0.2, 0.25) is 0 Å². The normalized spacial score (nSPS) is 14.2. The highest BCUT2D eigenvalue weighted by molar-refractivity contribution is 5.95. The molecule has 2 aromatic carbocycles. The van der Waals surface area contributed by atoms with Gasteiger partial charge in [0.1, 0.15) is 11.5 Å². The van der Waals surface area contributed by atoms with Crippen LogP contribution in [0.25, 0.3) is 0 Å². The Bertz CT molecular complexity index is 865. The van der Waals surface area contributed by atoms with Gasteiger partial charge < -0.3 is 29.5 Å². The molecule has 0 aromatic heterocycles. The number of phenolic OH excluding ortho intramolecular Hbond substituents is 2. The first-order chi connectivity index (χ1) is 14.0. The Kier molecular flexibility index (Phi) is 6.43. The van der Waals surface area contributed by atoms with Crippen LogP contribution < -0.4 is 9.47 Å². The maximum Gasteiger partial charge on any atom is 0.260 e. The van der Waals surface area contributed by atoms with Gasteiger partial charge in [-0.2, -0.15) is 0 Å². The molecule has 8 heteroatoms. The zero-order valence-electron chi connectivity index (χ0n) is 16.2. The number of rotatable bonds is 5. The number of carbonyl (C=O) groups is 2. The maximum atomic E-state index is 12.7. The van der Waals surface area contributed by atoms with Crippen LogP contribution >= 0.6 is 0 Å². The third-order valence-electron chi connectivity index (χ3n) is 4.71. The number of nitrogens with zero attached hydrogens (tertiary/aromatic N) is 2. The molecule has 2 N–H and O–H groups in total. The van der Waals surface area contributed by atoms with E-state index >= 15 is 0 Å². The second kappa shape index (κ2) is 9.18. The zero-order chi connectivity index (χ0) is 20.8. The standard InChI is InChI=1S/C21H24N2O6/c1-28-18-5-2-3-6-19(18)29-14-20(26)22-7-4-8-23(10-9-22)21(27)15-11-16(24)13-17(25)12-15/h2-3,5-6,11-13,24-25H,4,7-10,14H2,1H3. The lowest BCUT2D eigenvalue weighted by atomic mass is 10.1. The number of ether oxygens (including phenoxy) is 2. The van der Waals surface area contributed by atoms with Gasteiger partial charge in [0, 0.05) is 37.8 Å². The highest BCUT2D eigenvalue weighted by Gasteiger charge is 2.24. The molecule has 1 fully saturated rings. The second-order valence-corrected chi connectivity index (χ2v) is 6.70. The topological polar surface area (TPSA) is 99.5 Å². The van der Waals surface area contributed by atoms with Gasteiger partial charge in [-0.05, 0) is 30.7 Å². The monoisotopic (exact) mass is 400 g/mol. The van der Waals surface area contributed by atoms with E-state index < -0.39 is 0 Å². The van der Waals surface area contributed by atoms with Gasteiger partial charge in [0.25, 0.3) is 11.8 Å². The van der Waals surface area contributed by atoms with Crippen molar-refractivity contribution in [3.05, 3.63) is 48.0 Å². The molecule has 1 aliphatic rings. The molecule has 8 nitrogen and oxygen atoms in total. The average Bonchev–Trinajstić information content (AvgIpc) is 2.97. The van der Waals surface area contributed by atoms with Crippen LogP contribution in [0.5, 0.6) is 23.0 Å². The van der Waals surface area contributed by atoms with Crippen LogP contribution in [0, 0.1) is 0 Å². The molecule has 2 aromatic rings. The molecule has 3 rings (SSSR count). The summed E-state index contributed by atoms with van der Waals surface area (Å²) in [5.41, 5.74) is 0.210. The van der Waals surface area contributed by atoms with Gasteiger partial charge in [-0.15, -0.1) is 0 Å². The van der Waals surface area contributed by atoms with Crippen molar-refractivity contribution in [3.8, 4) is 23.0 Å². The second-order valence-electron chi connectivity index (χ2n) is 6.70. The van der Waals surface area contributed by atoms with E-state index in [1.807, 2.05) is 6.07 Å². The molecule has 0 unspecified atom stereocenters. The van der Waals surface area contributed by atoms with Crippen molar-refractivity contribution >= 4 is 11.8 Å². The van der Waals surface area contributed by atoms with E-state index in [1.54, 1.807) is 28.0 Å². The fourth-order valence-corrected chi connectivity index (χ4v) is 3.24. The van der Waals surface area contributed by atoms with E-state index in [1.165, 1.54) is 25.3 Å². The van der Waals surface area contributed by atoms with Crippen LogP contribution in [0.1, 0.15) is 16.8 Å². The van der Waals surface area contributed by atoms with Crippen molar-refractivity contribution in [1.29, 1.82) is 0 Å². The van der Waals surface area contributed by atoms with Crippen molar-refractivity contribution in [2.75, 3.05) is 39.9 Å². The lowest BCUT2D eigenvalue weighted by molar-refractivity contribution is -0.133. The molecule has 0 radical (unpaired) electrons. The Balaban J connectivity index is 1.57. The first kappa shape index (κ1) is 20.3. The van der Waals surface area contributed by atoms with E-state index in [0.29, 0.717) is 44.1 Å². The summed E-state index contributed by atoms with van der Waals surface area (Å²) >= 11 is 0. The maximum absolute atomic E-state index is 12.7. The summed E-state index contributed by atoms with van der Waals surface area (Å²) in [5, 5.41) is 19.2.